The van der Waals surface area contributed by atoms with Gasteiger partial charge in [0.15, 0.2) is 5.96 Å². The van der Waals surface area contributed by atoms with Gasteiger partial charge in [-0.3, -0.25) is 4.99 Å². The molecule has 0 atom stereocenters. The van der Waals surface area contributed by atoms with Gasteiger partial charge in [-0.1, -0.05) is 44.2 Å². The highest BCUT2D eigenvalue weighted by Crippen LogP contribution is 2.21. The second-order valence-electron chi connectivity index (χ2n) is 8.34. The summed E-state index contributed by atoms with van der Waals surface area (Å²) in [7, 11) is 3.98. The molecule has 2 aromatic rings. The molecule has 2 heterocycles. The summed E-state index contributed by atoms with van der Waals surface area (Å²) in [6, 6.07) is 14.8. The molecule has 6 nitrogen and oxygen atoms in total. The van der Waals surface area contributed by atoms with Crippen LogP contribution in [0.3, 0.4) is 0 Å². The van der Waals surface area contributed by atoms with Crippen molar-refractivity contribution >= 4 is 35.8 Å². The fourth-order valence-corrected chi connectivity index (χ4v) is 3.48. The van der Waals surface area contributed by atoms with Crippen molar-refractivity contribution in [2.24, 2.45) is 4.99 Å². The summed E-state index contributed by atoms with van der Waals surface area (Å²) in [6.45, 7) is 10.2. The lowest BCUT2D eigenvalue weighted by Gasteiger charge is -2.33. The SMILES string of the molecule is CN=C(NCc1ccnc(N2CCN(C)CC2)c1)NCC(C)(C)c1ccccc1.I. The number of piperazine rings is 1. The summed E-state index contributed by atoms with van der Waals surface area (Å²) >= 11 is 0. The number of halogens is 1. The Morgan fingerprint density at radius 3 is 2.43 bits per heavy atom. The maximum Gasteiger partial charge on any atom is 0.191 e. The number of aromatic nitrogens is 1. The van der Waals surface area contributed by atoms with Gasteiger partial charge >= 0.3 is 0 Å². The minimum Gasteiger partial charge on any atom is -0.356 e. The molecule has 30 heavy (non-hydrogen) atoms. The molecule has 1 aliphatic rings. The lowest BCUT2D eigenvalue weighted by molar-refractivity contribution is 0.312. The van der Waals surface area contributed by atoms with Crippen molar-refractivity contribution < 1.29 is 0 Å². The quantitative estimate of drug-likeness (QED) is 0.347. The largest absolute Gasteiger partial charge is 0.356 e. The van der Waals surface area contributed by atoms with E-state index < -0.39 is 0 Å². The lowest BCUT2D eigenvalue weighted by Crippen LogP contribution is -2.45. The Morgan fingerprint density at radius 1 is 1.07 bits per heavy atom. The molecule has 1 aliphatic heterocycles. The number of nitrogens with zero attached hydrogens (tertiary/aromatic N) is 4. The first-order chi connectivity index (χ1) is 14.0. The Balaban J connectivity index is 0.00000320. The highest BCUT2D eigenvalue weighted by Gasteiger charge is 2.20. The van der Waals surface area contributed by atoms with Gasteiger partial charge in [0.25, 0.3) is 0 Å². The third-order valence-electron chi connectivity index (χ3n) is 5.57. The molecule has 3 rings (SSSR count). The van der Waals surface area contributed by atoms with E-state index in [-0.39, 0.29) is 29.4 Å². The molecule has 1 saturated heterocycles. The molecule has 0 amide bonds. The van der Waals surface area contributed by atoms with E-state index in [0.29, 0.717) is 6.54 Å². The minimum atomic E-state index is 0. The summed E-state index contributed by atoms with van der Waals surface area (Å²) in [5, 5.41) is 6.90. The molecule has 1 aromatic heterocycles. The predicted molar refractivity (Wildman–Crippen MR) is 137 cm³/mol. The van der Waals surface area contributed by atoms with Gasteiger partial charge in [0.1, 0.15) is 5.82 Å². The zero-order valence-corrected chi connectivity index (χ0v) is 20.9. The number of likely N-dealkylation sites (N-methyl/N-ethyl adjacent to an activating group) is 1. The van der Waals surface area contributed by atoms with Gasteiger partial charge in [0.2, 0.25) is 0 Å². The van der Waals surface area contributed by atoms with Gasteiger partial charge in [-0.05, 0) is 30.3 Å². The van der Waals surface area contributed by atoms with E-state index in [0.717, 1.165) is 44.5 Å². The Labute approximate surface area is 198 Å². The van der Waals surface area contributed by atoms with Gasteiger partial charge < -0.3 is 20.4 Å². The van der Waals surface area contributed by atoms with Crippen molar-refractivity contribution in [2.45, 2.75) is 25.8 Å². The van der Waals surface area contributed by atoms with Gasteiger partial charge in [-0.25, -0.2) is 4.98 Å². The molecule has 0 radical (unpaired) electrons. The number of anilines is 1. The number of aliphatic imine (C=N–C) groups is 1. The van der Waals surface area contributed by atoms with Crippen molar-refractivity contribution in [1.82, 2.24) is 20.5 Å². The standard InChI is InChI=1S/C23H34N6.HI/c1-23(2,20-8-6-5-7-9-20)18-27-22(24-3)26-17-19-10-11-25-21(16-19)29-14-12-28(4)13-15-29;/h5-11,16H,12-15,17-18H2,1-4H3,(H2,24,26,27);1H. The monoisotopic (exact) mass is 522 g/mol. The number of hydrogen-bond donors (Lipinski definition) is 2. The number of nitrogens with one attached hydrogen (secondary N) is 2. The van der Waals surface area contributed by atoms with Crippen LogP contribution in [0.25, 0.3) is 0 Å². The van der Waals surface area contributed by atoms with Crippen LogP contribution in [-0.4, -0.2) is 62.7 Å². The summed E-state index contributed by atoms with van der Waals surface area (Å²) in [5.41, 5.74) is 2.54. The number of rotatable bonds is 6. The van der Waals surface area contributed by atoms with Gasteiger partial charge in [0, 0.05) is 57.9 Å². The van der Waals surface area contributed by atoms with E-state index in [1.807, 2.05) is 13.2 Å². The van der Waals surface area contributed by atoms with Crippen LogP contribution >= 0.6 is 24.0 Å². The van der Waals surface area contributed by atoms with Crippen LogP contribution in [-0.2, 0) is 12.0 Å². The van der Waals surface area contributed by atoms with Gasteiger partial charge in [0.05, 0.1) is 0 Å². The first-order valence-corrected chi connectivity index (χ1v) is 10.4. The normalized spacial score (nSPS) is 15.5. The molecular weight excluding hydrogens is 487 g/mol. The molecule has 1 fully saturated rings. The molecule has 0 bridgehead atoms. The molecule has 0 spiro atoms. The smallest absolute Gasteiger partial charge is 0.191 e. The van der Waals surface area contributed by atoms with Crippen molar-refractivity contribution in [3.8, 4) is 0 Å². The third kappa shape index (κ3) is 6.84. The van der Waals surface area contributed by atoms with E-state index in [2.05, 4.69) is 93.8 Å². The van der Waals surface area contributed by atoms with Crippen LogP contribution in [0, 0.1) is 0 Å². The Hall–Kier alpha value is -1.87. The maximum absolute atomic E-state index is 4.57. The van der Waals surface area contributed by atoms with Crippen LogP contribution in [0.4, 0.5) is 5.82 Å². The first kappa shape index (κ1) is 24.4. The van der Waals surface area contributed by atoms with E-state index in [4.69, 9.17) is 0 Å². The summed E-state index contributed by atoms with van der Waals surface area (Å²) < 4.78 is 0. The van der Waals surface area contributed by atoms with Crippen molar-refractivity contribution in [2.75, 3.05) is 51.7 Å². The number of benzene rings is 1. The Kier molecular flexibility index (Phi) is 9.36. The predicted octanol–water partition coefficient (Wildman–Crippen LogP) is 3.09. The molecular formula is C23H35IN6. The summed E-state index contributed by atoms with van der Waals surface area (Å²) in [5.74, 6) is 1.87. The third-order valence-corrected chi connectivity index (χ3v) is 5.57. The van der Waals surface area contributed by atoms with Crippen LogP contribution in [0.15, 0.2) is 53.7 Å². The van der Waals surface area contributed by atoms with Crippen LogP contribution in [0.5, 0.6) is 0 Å². The number of hydrogen-bond acceptors (Lipinski definition) is 4. The summed E-state index contributed by atoms with van der Waals surface area (Å²) in [4.78, 5) is 13.7. The molecule has 0 unspecified atom stereocenters. The van der Waals surface area contributed by atoms with Gasteiger partial charge in [-0.2, -0.15) is 0 Å². The van der Waals surface area contributed by atoms with Gasteiger partial charge in [-0.15, -0.1) is 24.0 Å². The lowest BCUT2D eigenvalue weighted by atomic mass is 9.85. The molecule has 1 aromatic carbocycles. The highest BCUT2D eigenvalue weighted by atomic mass is 127. The van der Waals surface area contributed by atoms with E-state index in [1.165, 1.54) is 11.1 Å². The molecule has 164 valence electrons. The van der Waals surface area contributed by atoms with Crippen LogP contribution in [0.1, 0.15) is 25.0 Å². The zero-order chi connectivity index (χ0) is 20.7. The fourth-order valence-electron chi connectivity index (χ4n) is 3.48. The number of guanidine groups is 1. The first-order valence-electron chi connectivity index (χ1n) is 10.4. The maximum atomic E-state index is 4.57. The van der Waals surface area contributed by atoms with Crippen molar-refractivity contribution in [3.05, 3.63) is 59.8 Å². The Morgan fingerprint density at radius 2 is 1.77 bits per heavy atom. The Bertz CT molecular complexity index is 800. The van der Waals surface area contributed by atoms with Crippen LogP contribution < -0.4 is 15.5 Å². The minimum absolute atomic E-state index is 0. The molecule has 2 N–H and O–H groups in total. The second-order valence-corrected chi connectivity index (χ2v) is 8.34. The highest BCUT2D eigenvalue weighted by molar-refractivity contribution is 14.0. The van der Waals surface area contributed by atoms with E-state index >= 15 is 0 Å². The number of pyridine rings is 1. The molecule has 0 aliphatic carbocycles. The second kappa shape index (κ2) is 11.5. The van der Waals surface area contributed by atoms with E-state index in [9.17, 15) is 0 Å². The molecule has 0 saturated carbocycles. The van der Waals surface area contributed by atoms with Crippen LogP contribution in [0.2, 0.25) is 0 Å². The fraction of sp³-hybridized carbons (Fsp3) is 0.478. The van der Waals surface area contributed by atoms with E-state index in [1.54, 1.807) is 0 Å². The summed E-state index contributed by atoms with van der Waals surface area (Å²) in [6.07, 6.45) is 1.90. The molecule has 7 heteroatoms. The average Bonchev–Trinajstić information content (AvgIpc) is 2.75. The average molecular weight is 522 g/mol. The topological polar surface area (TPSA) is 55.8 Å². The van der Waals surface area contributed by atoms with Crippen molar-refractivity contribution in [1.29, 1.82) is 0 Å². The van der Waals surface area contributed by atoms with Crippen molar-refractivity contribution in [3.63, 3.8) is 0 Å². The zero-order valence-electron chi connectivity index (χ0n) is 18.6.